The number of nitrogens with zero attached hydrogens (tertiary/aromatic N) is 2. The van der Waals surface area contributed by atoms with E-state index in [0.29, 0.717) is 6.04 Å². The molecule has 1 aromatic heterocycles. The normalized spacial score (nSPS) is 19.4. The minimum absolute atomic E-state index is 0.373. The Balaban J connectivity index is 2.08. The van der Waals surface area contributed by atoms with Crippen LogP contribution in [0, 0.1) is 0 Å². The predicted molar refractivity (Wildman–Crippen MR) is 83.5 cm³/mol. The molecule has 0 amide bonds. The lowest BCUT2D eigenvalue weighted by Gasteiger charge is -2.36. The van der Waals surface area contributed by atoms with Crippen LogP contribution in [0.1, 0.15) is 32.3 Å². The fraction of sp³-hybridized carbons (Fsp3) is 0.667. The standard InChI is InChI=1S/C15H24ClN3O/c1-3-5-17-9-12-8-14(16)15(18-10-12)19-6-7-20-11-13(19)4-2/h8,10,13,17H,3-7,9,11H2,1-2H3. The van der Waals surface area contributed by atoms with Gasteiger partial charge in [-0.2, -0.15) is 0 Å². The third kappa shape index (κ3) is 3.84. The summed E-state index contributed by atoms with van der Waals surface area (Å²) in [4.78, 5) is 6.85. The smallest absolute Gasteiger partial charge is 0.147 e. The maximum atomic E-state index is 6.43. The number of pyridine rings is 1. The van der Waals surface area contributed by atoms with E-state index in [1.165, 1.54) is 0 Å². The average molecular weight is 298 g/mol. The van der Waals surface area contributed by atoms with Crippen LogP contribution in [-0.2, 0) is 11.3 Å². The summed E-state index contributed by atoms with van der Waals surface area (Å²) in [5, 5.41) is 4.10. The summed E-state index contributed by atoms with van der Waals surface area (Å²) in [7, 11) is 0. The highest BCUT2D eigenvalue weighted by Crippen LogP contribution is 2.27. The van der Waals surface area contributed by atoms with Gasteiger partial charge in [0.15, 0.2) is 0 Å². The number of halogens is 1. The summed E-state index contributed by atoms with van der Waals surface area (Å²) < 4.78 is 5.53. The largest absolute Gasteiger partial charge is 0.377 e. The highest BCUT2D eigenvalue weighted by molar-refractivity contribution is 6.33. The van der Waals surface area contributed by atoms with E-state index in [4.69, 9.17) is 16.3 Å². The van der Waals surface area contributed by atoms with Crippen molar-refractivity contribution >= 4 is 17.4 Å². The molecule has 1 aliphatic rings. The lowest BCUT2D eigenvalue weighted by atomic mass is 10.1. The summed E-state index contributed by atoms with van der Waals surface area (Å²) in [6.07, 6.45) is 4.09. The fourth-order valence-electron chi connectivity index (χ4n) is 2.46. The average Bonchev–Trinajstić information content (AvgIpc) is 2.48. The number of hydrogen-bond acceptors (Lipinski definition) is 4. The monoisotopic (exact) mass is 297 g/mol. The van der Waals surface area contributed by atoms with Gasteiger partial charge < -0.3 is 15.0 Å². The Labute approximate surface area is 126 Å². The lowest BCUT2D eigenvalue weighted by molar-refractivity contribution is 0.0926. The molecule has 1 unspecified atom stereocenters. The molecule has 0 radical (unpaired) electrons. The zero-order chi connectivity index (χ0) is 14.4. The van der Waals surface area contributed by atoms with Gasteiger partial charge in [-0.3, -0.25) is 0 Å². The van der Waals surface area contributed by atoms with Crippen LogP contribution in [0.2, 0.25) is 5.02 Å². The van der Waals surface area contributed by atoms with Gasteiger partial charge in [0.25, 0.3) is 0 Å². The SMILES string of the molecule is CCCNCc1cnc(N2CCOCC2CC)c(Cl)c1. The molecular weight excluding hydrogens is 274 g/mol. The summed E-state index contributed by atoms with van der Waals surface area (Å²) in [6, 6.07) is 2.40. The van der Waals surface area contributed by atoms with Crippen LogP contribution in [0.3, 0.4) is 0 Å². The first kappa shape index (κ1) is 15.5. The Morgan fingerprint density at radius 3 is 3.05 bits per heavy atom. The molecule has 5 heteroatoms. The van der Waals surface area contributed by atoms with Crippen LogP contribution in [0.15, 0.2) is 12.3 Å². The van der Waals surface area contributed by atoms with Gasteiger partial charge in [-0.1, -0.05) is 25.4 Å². The molecule has 0 spiro atoms. The van der Waals surface area contributed by atoms with Crippen molar-refractivity contribution in [2.45, 2.75) is 39.3 Å². The zero-order valence-electron chi connectivity index (χ0n) is 12.4. The topological polar surface area (TPSA) is 37.4 Å². The third-order valence-electron chi connectivity index (χ3n) is 3.61. The highest BCUT2D eigenvalue weighted by Gasteiger charge is 2.24. The minimum atomic E-state index is 0.373. The van der Waals surface area contributed by atoms with Gasteiger partial charge in [-0.05, 0) is 31.0 Å². The van der Waals surface area contributed by atoms with Crippen molar-refractivity contribution in [1.29, 1.82) is 0 Å². The molecule has 20 heavy (non-hydrogen) atoms. The summed E-state index contributed by atoms with van der Waals surface area (Å²) in [5.41, 5.74) is 1.13. The Morgan fingerprint density at radius 2 is 2.35 bits per heavy atom. The molecule has 0 aliphatic carbocycles. The van der Waals surface area contributed by atoms with Crippen molar-refractivity contribution in [3.05, 3.63) is 22.8 Å². The summed E-state index contributed by atoms with van der Waals surface area (Å²) in [5.74, 6) is 0.890. The van der Waals surface area contributed by atoms with Gasteiger partial charge in [0.2, 0.25) is 0 Å². The third-order valence-corrected chi connectivity index (χ3v) is 3.88. The first-order valence-corrected chi connectivity index (χ1v) is 7.83. The number of ether oxygens (including phenoxy) is 1. The van der Waals surface area contributed by atoms with E-state index >= 15 is 0 Å². The second kappa shape index (κ2) is 7.81. The molecular formula is C15H24ClN3O. The fourth-order valence-corrected chi connectivity index (χ4v) is 2.76. The van der Waals surface area contributed by atoms with E-state index < -0.39 is 0 Å². The van der Waals surface area contributed by atoms with Gasteiger partial charge >= 0.3 is 0 Å². The first-order valence-electron chi connectivity index (χ1n) is 7.45. The van der Waals surface area contributed by atoms with E-state index in [2.05, 4.69) is 29.0 Å². The maximum Gasteiger partial charge on any atom is 0.147 e. The van der Waals surface area contributed by atoms with Crippen LogP contribution < -0.4 is 10.2 Å². The number of anilines is 1. The molecule has 2 heterocycles. The van der Waals surface area contributed by atoms with Crippen molar-refractivity contribution < 1.29 is 4.74 Å². The molecule has 1 aliphatic heterocycles. The van der Waals surface area contributed by atoms with E-state index in [9.17, 15) is 0 Å². The van der Waals surface area contributed by atoms with Crippen molar-refractivity contribution in [3.63, 3.8) is 0 Å². The number of aromatic nitrogens is 1. The zero-order valence-corrected chi connectivity index (χ0v) is 13.1. The van der Waals surface area contributed by atoms with Crippen molar-refractivity contribution in [3.8, 4) is 0 Å². The van der Waals surface area contributed by atoms with Gasteiger partial charge in [-0.15, -0.1) is 0 Å². The van der Waals surface area contributed by atoms with E-state index in [1.54, 1.807) is 0 Å². The molecule has 112 valence electrons. The Hall–Kier alpha value is -0.840. The number of rotatable bonds is 6. The second-order valence-electron chi connectivity index (χ2n) is 5.16. The van der Waals surface area contributed by atoms with E-state index in [1.807, 2.05) is 12.3 Å². The van der Waals surface area contributed by atoms with Crippen molar-refractivity contribution in [1.82, 2.24) is 10.3 Å². The lowest BCUT2D eigenvalue weighted by Crippen LogP contribution is -2.45. The van der Waals surface area contributed by atoms with Crippen LogP contribution in [0.5, 0.6) is 0 Å². The molecule has 1 N–H and O–H groups in total. The van der Waals surface area contributed by atoms with Crippen molar-refractivity contribution in [2.75, 3.05) is 31.2 Å². The van der Waals surface area contributed by atoms with Crippen LogP contribution >= 0.6 is 11.6 Å². The molecule has 4 nitrogen and oxygen atoms in total. The quantitative estimate of drug-likeness (QED) is 0.819. The molecule has 0 aromatic carbocycles. The molecule has 2 rings (SSSR count). The number of nitrogens with one attached hydrogen (secondary N) is 1. The van der Waals surface area contributed by atoms with Crippen LogP contribution in [0.4, 0.5) is 5.82 Å². The molecule has 1 atom stereocenters. The van der Waals surface area contributed by atoms with Gasteiger partial charge in [0.05, 0.1) is 24.3 Å². The second-order valence-corrected chi connectivity index (χ2v) is 5.56. The summed E-state index contributed by atoms with van der Waals surface area (Å²) >= 11 is 6.43. The summed E-state index contributed by atoms with van der Waals surface area (Å²) in [6.45, 7) is 8.52. The van der Waals surface area contributed by atoms with Gasteiger partial charge in [0, 0.05) is 19.3 Å². The number of morpholine rings is 1. The first-order chi connectivity index (χ1) is 9.76. The molecule has 1 fully saturated rings. The molecule has 0 bridgehead atoms. The number of hydrogen-bond donors (Lipinski definition) is 1. The van der Waals surface area contributed by atoms with Crippen LogP contribution in [-0.4, -0.2) is 37.3 Å². The maximum absolute atomic E-state index is 6.43. The van der Waals surface area contributed by atoms with Gasteiger partial charge in [0.1, 0.15) is 5.82 Å². The minimum Gasteiger partial charge on any atom is -0.377 e. The van der Waals surface area contributed by atoms with E-state index in [-0.39, 0.29) is 0 Å². The molecule has 1 saturated heterocycles. The van der Waals surface area contributed by atoms with Crippen molar-refractivity contribution in [2.24, 2.45) is 0 Å². The van der Waals surface area contributed by atoms with Gasteiger partial charge in [-0.25, -0.2) is 4.98 Å². The predicted octanol–water partition coefficient (Wildman–Crippen LogP) is 2.85. The highest BCUT2D eigenvalue weighted by atomic mass is 35.5. The molecule has 1 aromatic rings. The Morgan fingerprint density at radius 1 is 1.50 bits per heavy atom. The molecule has 0 saturated carbocycles. The Bertz CT molecular complexity index is 428. The van der Waals surface area contributed by atoms with Crippen LogP contribution in [0.25, 0.3) is 0 Å². The Kier molecular flexibility index (Phi) is 6.07. The van der Waals surface area contributed by atoms with E-state index in [0.717, 1.165) is 62.1 Å².